The summed E-state index contributed by atoms with van der Waals surface area (Å²) in [5.74, 6) is 0.784. The minimum Gasteiger partial charge on any atom is -0.489 e. The van der Waals surface area contributed by atoms with Crippen LogP contribution in [0.25, 0.3) is 0 Å². The van der Waals surface area contributed by atoms with Crippen molar-refractivity contribution in [2.45, 2.75) is 32.9 Å². The first-order chi connectivity index (χ1) is 9.69. The summed E-state index contributed by atoms with van der Waals surface area (Å²) in [6.07, 6.45) is 0.482. The van der Waals surface area contributed by atoms with E-state index in [2.05, 4.69) is 28.2 Å². The van der Waals surface area contributed by atoms with Crippen LogP contribution in [0.2, 0.25) is 0 Å². The molecule has 0 amide bonds. The van der Waals surface area contributed by atoms with E-state index in [0.29, 0.717) is 13.2 Å². The number of nitrogens with one attached hydrogen (secondary N) is 1. The molecule has 114 valence electrons. The topological polar surface area (TPSA) is 50.7 Å². The number of halogens is 1. The molecule has 0 fully saturated rings. The molecule has 20 heavy (non-hydrogen) atoms. The summed E-state index contributed by atoms with van der Waals surface area (Å²) in [4.78, 5) is 0. The van der Waals surface area contributed by atoms with Crippen molar-refractivity contribution < 1.29 is 14.6 Å². The monoisotopic (exact) mass is 345 g/mol. The zero-order valence-electron chi connectivity index (χ0n) is 12.2. The van der Waals surface area contributed by atoms with Crippen LogP contribution in [-0.2, 0) is 11.3 Å². The van der Waals surface area contributed by atoms with Gasteiger partial charge in [0.2, 0.25) is 0 Å². The zero-order valence-corrected chi connectivity index (χ0v) is 13.8. The van der Waals surface area contributed by atoms with E-state index in [-0.39, 0.29) is 6.61 Å². The van der Waals surface area contributed by atoms with E-state index >= 15 is 0 Å². The van der Waals surface area contributed by atoms with Crippen molar-refractivity contribution in [1.82, 2.24) is 5.32 Å². The van der Waals surface area contributed by atoms with Crippen LogP contribution < -0.4 is 10.1 Å². The van der Waals surface area contributed by atoms with Gasteiger partial charge in [-0.2, -0.15) is 0 Å². The molecule has 1 aromatic rings. The Morgan fingerprint density at radius 3 is 2.80 bits per heavy atom. The summed E-state index contributed by atoms with van der Waals surface area (Å²) in [5, 5.41) is 13.1. The average molecular weight is 346 g/mol. The Balaban J connectivity index is 2.58. The van der Waals surface area contributed by atoms with Gasteiger partial charge < -0.3 is 19.9 Å². The summed E-state index contributed by atoms with van der Waals surface area (Å²) < 4.78 is 11.8. The molecule has 0 aliphatic heterocycles. The zero-order chi connectivity index (χ0) is 14.8. The Morgan fingerprint density at radius 1 is 1.30 bits per heavy atom. The van der Waals surface area contributed by atoms with E-state index < -0.39 is 6.10 Å². The fourth-order valence-electron chi connectivity index (χ4n) is 1.74. The van der Waals surface area contributed by atoms with Crippen molar-refractivity contribution in [3.05, 3.63) is 28.2 Å². The Labute approximate surface area is 129 Å². The highest BCUT2D eigenvalue weighted by molar-refractivity contribution is 9.10. The number of para-hydroxylation sites is 1. The third-order valence-electron chi connectivity index (χ3n) is 2.73. The maximum atomic E-state index is 9.76. The van der Waals surface area contributed by atoms with Gasteiger partial charge in [-0.05, 0) is 41.9 Å². The van der Waals surface area contributed by atoms with E-state index in [9.17, 15) is 5.11 Å². The van der Waals surface area contributed by atoms with E-state index in [1.54, 1.807) is 0 Å². The first-order valence-corrected chi connectivity index (χ1v) is 7.85. The van der Waals surface area contributed by atoms with Gasteiger partial charge in [-0.1, -0.05) is 19.1 Å². The van der Waals surface area contributed by atoms with E-state index in [0.717, 1.165) is 35.3 Å². The molecule has 0 aliphatic carbocycles. The number of benzene rings is 1. The highest BCUT2D eigenvalue weighted by atomic mass is 79.9. The summed E-state index contributed by atoms with van der Waals surface area (Å²) >= 11 is 3.49. The number of aliphatic hydroxyl groups is 1. The molecule has 0 aliphatic rings. The van der Waals surface area contributed by atoms with Crippen LogP contribution in [0.15, 0.2) is 22.7 Å². The predicted molar refractivity (Wildman–Crippen MR) is 84.1 cm³/mol. The first-order valence-electron chi connectivity index (χ1n) is 7.05. The minimum absolute atomic E-state index is 0.226. The number of ether oxygens (including phenoxy) is 2. The van der Waals surface area contributed by atoms with Crippen LogP contribution in [0.1, 0.15) is 25.8 Å². The van der Waals surface area contributed by atoms with Gasteiger partial charge in [0.15, 0.2) is 0 Å². The van der Waals surface area contributed by atoms with Crippen LogP contribution in [0, 0.1) is 0 Å². The molecule has 1 rings (SSSR count). The normalized spacial score (nSPS) is 12.4. The fourth-order valence-corrected chi connectivity index (χ4v) is 2.26. The van der Waals surface area contributed by atoms with Gasteiger partial charge >= 0.3 is 0 Å². The molecule has 5 heteroatoms. The summed E-state index contributed by atoms with van der Waals surface area (Å²) in [6.45, 7) is 6.88. The Bertz CT molecular complexity index is 387. The number of aliphatic hydroxyl groups excluding tert-OH is 1. The first kappa shape index (κ1) is 17.4. The minimum atomic E-state index is -0.612. The van der Waals surface area contributed by atoms with Crippen molar-refractivity contribution in [3.63, 3.8) is 0 Å². The molecule has 0 saturated heterocycles. The lowest BCUT2D eigenvalue weighted by atomic mass is 10.2. The van der Waals surface area contributed by atoms with Crippen molar-refractivity contribution >= 4 is 15.9 Å². The Kier molecular flexibility index (Phi) is 8.85. The van der Waals surface area contributed by atoms with Crippen LogP contribution in [0.4, 0.5) is 0 Å². The van der Waals surface area contributed by atoms with Gasteiger partial charge in [-0.25, -0.2) is 0 Å². The summed E-state index contributed by atoms with van der Waals surface area (Å²) in [6, 6.07) is 5.95. The van der Waals surface area contributed by atoms with Crippen molar-refractivity contribution in [1.29, 1.82) is 0 Å². The second kappa shape index (κ2) is 10.2. The lowest BCUT2D eigenvalue weighted by molar-refractivity contribution is 0.0161. The maximum absolute atomic E-state index is 9.76. The van der Waals surface area contributed by atoms with Gasteiger partial charge in [0.25, 0.3) is 0 Å². The van der Waals surface area contributed by atoms with Crippen LogP contribution in [0.3, 0.4) is 0 Å². The maximum Gasteiger partial charge on any atom is 0.138 e. The van der Waals surface area contributed by atoms with E-state index in [1.165, 1.54) is 0 Å². The summed E-state index contributed by atoms with van der Waals surface area (Å²) in [7, 11) is 0. The second-order valence-electron chi connectivity index (χ2n) is 4.53. The van der Waals surface area contributed by atoms with E-state index in [4.69, 9.17) is 9.47 Å². The predicted octanol–water partition coefficient (Wildman–Crippen LogP) is 2.72. The standard InChI is InChI=1S/C15H24BrNO3/c1-3-8-17-9-12-6-5-7-14(16)15(12)20-11-13(18)10-19-4-2/h5-7,13,17-18H,3-4,8-11H2,1-2H3. The third-order valence-corrected chi connectivity index (χ3v) is 3.35. The molecule has 0 bridgehead atoms. The quantitative estimate of drug-likeness (QED) is 0.640. The van der Waals surface area contributed by atoms with Gasteiger partial charge in [0.1, 0.15) is 18.5 Å². The molecule has 2 N–H and O–H groups in total. The average Bonchev–Trinajstić information content (AvgIpc) is 2.44. The highest BCUT2D eigenvalue weighted by Gasteiger charge is 2.11. The fraction of sp³-hybridized carbons (Fsp3) is 0.600. The third kappa shape index (κ3) is 6.22. The van der Waals surface area contributed by atoms with Gasteiger partial charge in [-0.3, -0.25) is 0 Å². The smallest absolute Gasteiger partial charge is 0.138 e. The molecule has 0 aromatic heterocycles. The molecule has 1 unspecified atom stereocenters. The van der Waals surface area contributed by atoms with Crippen molar-refractivity contribution in [2.75, 3.05) is 26.4 Å². The molecule has 1 aromatic carbocycles. The van der Waals surface area contributed by atoms with Gasteiger partial charge in [-0.15, -0.1) is 0 Å². The lowest BCUT2D eigenvalue weighted by Crippen LogP contribution is -2.24. The molecule has 0 radical (unpaired) electrons. The van der Waals surface area contributed by atoms with Gasteiger partial charge in [0.05, 0.1) is 11.1 Å². The van der Waals surface area contributed by atoms with Crippen molar-refractivity contribution in [2.24, 2.45) is 0 Å². The molecule has 4 nitrogen and oxygen atoms in total. The lowest BCUT2D eigenvalue weighted by Gasteiger charge is -2.16. The second-order valence-corrected chi connectivity index (χ2v) is 5.38. The SMILES string of the molecule is CCCNCc1cccc(Br)c1OCC(O)COCC. The largest absolute Gasteiger partial charge is 0.489 e. The molecular formula is C15H24BrNO3. The highest BCUT2D eigenvalue weighted by Crippen LogP contribution is 2.29. The number of hydrogen-bond acceptors (Lipinski definition) is 4. The molecule has 0 saturated carbocycles. The number of rotatable bonds is 10. The summed E-state index contributed by atoms with van der Waals surface area (Å²) in [5.41, 5.74) is 1.08. The van der Waals surface area contributed by atoms with Crippen LogP contribution in [-0.4, -0.2) is 37.6 Å². The van der Waals surface area contributed by atoms with Gasteiger partial charge in [0, 0.05) is 18.7 Å². The van der Waals surface area contributed by atoms with Crippen LogP contribution in [0.5, 0.6) is 5.75 Å². The number of hydrogen-bond donors (Lipinski definition) is 2. The Hall–Kier alpha value is -0.620. The van der Waals surface area contributed by atoms with Crippen molar-refractivity contribution in [3.8, 4) is 5.75 Å². The molecular weight excluding hydrogens is 322 g/mol. The Morgan fingerprint density at radius 2 is 2.10 bits per heavy atom. The van der Waals surface area contributed by atoms with E-state index in [1.807, 2.05) is 25.1 Å². The molecule has 0 spiro atoms. The van der Waals surface area contributed by atoms with Crippen LogP contribution >= 0.6 is 15.9 Å². The molecule has 0 heterocycles. The molecule has 1 atom stereocenters.